The molecule has 0 spiro atoms. The molecule has 9 heavy (non-hydrogen) atoms. The Hall–Kier alpha value is -0.840. The predicted molar refractivity (Wildman–Crippen MR) is 33.1 cm³/mol. The van der Waals surface area contributed by atoms with Crippen LogP contribution in [0.4, 0.5) is 5.69 Å². The zero-order valence-corrected chi connectivity index (χ0v) is 5.79. The molecule has 1 heterocycles. The van der Waals surface area contributed by atoms with Crippen molar-refractivity contribution in [2.24, 2.45) is 0 Å². The van der Waals surface area contributed by atoms with E-state index in [9.17, 15) is 10.1 Å². The highest BCUT2D eigenvalue weighted by Gasteiger charge is 2.12. The van der Waals surface area contributed by atoms with Gasteiger partial charge in [0.2, 0.25) is 4.67 Å². The van der Waals surface area contributed by atoms with E-state index in [1.807, 2.05) is 0 Å². The highest BCUT2D eigenvalue weighted by molar-refractivity contribution is 9.10. The molecule has 0 fully saturated rings. The second kappa shape index (κ2) is 2.18. The largest absolute Gasteiger partial charge is 0.451 e. The Bertz CT molecular complexity index is 231. The van der Waals surface area contributed by atoms with Crippen LogP contribution in [0.1, 0.15) is 0 Å². The Balaban J connectivity index is 3.08. The molecule has 0 aliphatic carbocycles. The van der Waals surface area contributed by atoms with E-state index in [1.165, 1.54) is 12.3 Å². The second-order valence-corrected chi connectivity index (χ2v) is 2.06. The Labute approximate surface area is 58.7 Å². The quantitative estimate of drug-likeness (QED) is 0.504. The fraction of sp³-hybridized carbons (Fsp3) is 0. The molecule has 0 unspecified atom stereocenters. The van der Waals surface area contributed by atoms with Gasteiger partial charge in [0.25, 0.3) is 0 Å². The molecule has 48 valence electrons. The molecule has 0 aromatic carbocycles. The summed E-state index contributed by atoms with van der Waals surface area (Å²) in [6, 6.07) is 1.28. The summed E-state index contributed by atoms with van der Waals surface area (Å²) in [7, 11) is 0. The zero-order valence-electron chi connectivity index (χ0n) is 4.20. The maximum Gasteiger partial charge on any atom is 0.321 e. The van der Waals surface area contributed by atoms with Crippen LogP contribution in [0.15, 0.2) is 21.4 Å². The molecule has 0 saturated carbocycles. The van der Waals surface area contributed by atoms with Crippen LogP contribution in [-0.2, 0) is 0 Å². The van der Waals surface area contributed by atoms with Crippen molar-refractivity contribution in [3.8, 4) is 0 Å². The third-order valence-electron chi connectivity index (χ3n) is 0.795. The van der Waals surface area contributed by atoms with Gasteiger partial charge in [-0.05, 0) is 15.9 Å². The predicted octanol–water partition coefficient (Wildman–Crippen LogP) is 1.95. The van der Waals surface area contributed by atoms with E-state index >= 15 is 0 Å². The first kappa shape index (κ1) is 6.28. The van der Waals surface area contributed by atoms with Crippen molar-refractivity contribution in [3.63, 3.8) is 0 Å². The van der Waals surface area contributed by atoms with E-state index in [2.05, 4.69) is 20.3 Å². The fourth-order valence-electron chi connectivity index (χ4n) is 0.417. The van der Waals surface area contributed by atoms with Gasteiger partial charge in [0.05, 0.1) is 17.3 Å². The first-order valence-electron chi connectivity index (χ1n) is 2.09. The SMILES string of the molecule is O=[N+]([O-])c1ccoc1Br. The summed E-state index contributed by atoms with van der Waals surface area (Å²) in [6.45, 7) is 0. The summed E-state index contributed by atoms with van der Waals surface area (Å²) >= 11 is 2.86. The second-order valence-electron chi connectivity index (χ2n) is 1.34. The topological polar surface area (TPSA) is 56.3 Å². The standard InChI is InChI=1S/C4H2BrNO3/c5-4-3(6(7)8)1-2-9-4/h1-2H. The monoisotopic (exact) mass is 191 g/mol. The fourth-order valence-corrected chi connectivity index (χ4v) is 0.802. The first-order chi connectivity index (χ1) is 4.22. The van der Waals surface area contributed by atoms with E-state index in [0.29, 0.717) is 0 Å². The Morgan fingerprint density at radius 1 is 1.78 bits per heavy atom. The Kier molecular flexibility index (Phi) is 1.52. The highest BCUT2D eigenvalue weighted by atomic mass is 79.9. The van der Waals surface area contributed by atoms with Gasteiger partial charge in [-0.25, -0.2) is 0 Å². The van der Waals surface area contributed by atoms with E-state index < -0.39 is 4.92 Å². The maximum absolute atomic E-state index is 10.00. The van der Waals surface area contributed by atoms with Crippen LogP contribution in [0.3, 0.4) is 0 Å². The van der Waals surface area contributed by atoms with E-state index in [-0.39, 0.29) is 10.4 Å². The molecule has 0 saturated heterocycles. The minimum absolute atomic E-state index is 0.0463. The molecule has 1 aromatic rings. The lowest BCUT2D eigenvalue weighted by molar-refractivity contribution is -0.386. The van der Waals surface area contributed by atoms with E-state index in [1.54, 1.807) is 0 Å². The lowest BCUT2D eigenvalue weighted by Gasteiger charge is -1.81. The van der Waals surface area contributed by atoms with Gasteiger partial charge >= 0.3 is 5.69 Å². The van der Waals surface area contributed by atoms with Crippen LogP contribution in [0.2, 0.25) is 0 Å². The lowest BCUT2D eigenvalue weighted by atomic mass is 10.6. The van der Waals surface area contributed by atoms with E-state index in [0.717, 1.165) is 0 Å². The third-order valence-corrected chi connectivity index (χ3v) is 1.39. The van der Waals surface area contributed by atoms with Crippen LogP contribution in [0, 0.1) is 10.1 Å². The smallest absolute Gasteiger partial charge is 0.321 e. The van der Waals surface area contributed by atoms with Gasteiger partial charge in [0, 0.05) is 0 Å². The average molecular weight is 192 g/mol. The number of nitro groups is 1. The third kappa shape index (κ3) is 1.10. The van der Waals surface area contributed by atoms with Crippen LogP contribution in [-0.4, -0.2) is 4.92 Å². The molecule has 0 aliphatic rings. The van der Waals surface area contributed by atoms with Crippen molar-refractivity contribution in [1.29, 1.82) is 0 Å². The lowest BCUT2D eigenvalue weighted by Crippen LogP contribution is -1.83. The minimum Gasteiger partial charge on any atom is -0.451 e. The summed E-state index contributed by atoms with van der Waals surface area (Å²) in [5, 5.41) is 10.00. The number of rotatable bonds is 1. The number of hydrogen-bond acceptors (Lipinski definition) is 3. The van der Waals surface area contributed by atoms with Gasteiger partial charge in [0.1, 0.15) is 0 Å². The van der Waals surface area contributed by atoms with Gasteiger partial charge < -0.3 is 4.42 Å². The number of halogens is 1. The minimum atomic E-state index is -0.520. The Morgan fingerprint density at radius 2 is 2.44 bits per heavy atom. The van der Waals surface area contributed by atoms with Crippen LogP contribution in [0.5, 0.6) is 0 Å². The molecule has 1 aromatic heterocycles. The molecule has 0 aliphatic heterocycles. The summed E-state index contributed by atoms with van der Waals surface area (Å²) in [6.07, 6.45) is 1.25. The van der Waals surface area contributed by atoms with Crippen LogP contribution >= 0.6 is 15.9 Å². The molecule has 5 heteroatoms. The van der Waals surface area contributed by atoms with Gasteiger partial charge in [-0.2, -0.15) is 0 Å². The zero-order chi connectivity index (χ0) is 6.85. The molecule has 0 atom stereocenters. The number of furan rings is 1. The van der Waals surface area contributed by atoms with Crippen molar-refractivity contribution < 1.29 is 9.34 Å². The molecule has 4 nitrogen and oxygen atoms in total. The van der Waals surface area contributed by atoms with Crippen molar-refractivity contribution in [3.05, 3.63) is 27.1 Å². The van der Waals surface area contributed by atoms with Gasteiger partial charge in [-0.15, -0.1) is 0 Å². The molecular weight excluding hydrogens is 190 g/mol. The first-order valence-corrected chi connectivity index (χ1v) is 2.88. The summed E-state index contributed by atoms with van der Waals surface area (Å²) in [5.74, 6) is 0. The normalized spacial score (nSPS) is 9.44. The summed E-state index contributed by atoms with van der Waals surface area (Å²) in [4.78, 5) is 9.48. The number of nitrogens with zero attached hydrogens (tertiary/aromatic N) is 1. The van der Waals surface area contributed by atoms with Gasteiger partial charge in [-0.1, -0.05) is 0 Å². The average Bonchev–Trinajstić information content (AvgIpc) is 2.13. The van der Waals surface area contributed by atoms with Crippen molar-refractivity contribution >= 4 is 21.6 Å². The van der Waals surface area contributed by atoms with Gasteiger partial charge in [-0.3, -0.25) is 10.1 Å². The highest BCUT2D eigenvalue weighted by Crippen LogP contribution is 2.24. The summed E-state index contributed by atoms with van der Waals surface area (Å²) < 4.78 is 4.76. The molecule has 0 bridgehead atoms. The maximum atomic E-state index is 10.00. The van der Waals surface area contributed by atoms with Crippen LogP contribution in [0.25, 0.3) is 0 Å². The van der Waals surface area contributed by atoms with Crippen molar-refractivity contribution in [2.75, 3.05) is 0 Å². The molecule has 0 amide bonds. The molecular formula is C4H2BrNO3. The number of hydrogen-bond donors (Lipinski definition) is 0. The molecule has 1 rings (SSSR count). The van der Waals surface area contributed by atoms with Gasteiger partial charge in [0.15, 0.2) is 0 Å². The molecule has 0 radical (unpaired) electrons. The van der Waals surface area contributed by atoms with E-state index in [4.69, 9.17) is 0 Å². The summed E-state index contributed by atoms with van der Waals surface area (Å²) in [5.41, 5.74) is -0.0463. The van der Waals surface area contributed by atoms with Crippen LogP contribution < -0.4 is 0 Å². The van der Waals surface area contributed by atoms with Crippen molar-refractivity contribution in [1.82, 2.24) is 0 Å². The molecule has 0 N–H and O–H groups in total. The Morgan fingerprint density at radius 3 is 2.67 bits per heavy atom. The van der Waals surface area contributed by atoms with Crippen molar-refractivity contribution in [2.45, 2.75) is 0 Å².